The molecule has 47 heavy (non-hydrogen) atoms. The van der Waals surface area contributed by atoms with Gasteiger partial charge in [-0.25, -0.2) is 9.78 Å². The molecule has 1 aliphatic rings. The fourth-order valence-corrected chi connectivity index (χ4v) is 4.91. The second kappa shape index (κ2) is 16.5. The van der Waals surface area contributed by atoms with E-state index in [4.69, 9.17) is 43.1 Å². The van der Waals surface area contributed by atoms with Gasteiger partial charge in [-0.2, -0.15) is 18.4 Å². The van der Waals surface area contributed by atoms with Crippen LogP contribution in [0.25, 0.3) is 11.3 Å². The van der Waals surface area contributed by atoms with Crippen LogP contribution in [0.5, 0.6) is 5.75 Å². The number of benzene rings is 2. The lowest BCUT2D eigenvalue weighted by atomic mass is 10.1. The molecule has 12 nitrogen and oxygen atoms in total. The molecular weight excluding hydrogens is 666 g/mol. The zero-order chi connectivity index (χ0) is 34.9. The Morgan fingerprint density at radius 1 is 1.09 bits per heavy atom. The summed E-state index contributed by atoms with van der Waals surface area (Å²) < 4.78 is 38.7. The minimum Gasteiger partial charge on any atom is -0.477 e. The van der Waals surface area contributed by atoms with E-state index >= 15 is 0 Å². The van der Waals surface area contributed by atoms with E-state index < -0.39 is 18.1 Å². The summed E-state index contributed by atoms with van der Waals surface area (Å²) in [4.78, 5) is 45.6. The summed E-state index contributed by atoms with van der Waals surface area (Å²) in [6.45, 7) is 4.77. The van der Waals surface area contributed by atoms with Crippen LogP contribution in [0.15, 0.2) is 42.6 Å². The number of nitrogens with one attached hydrogen (secondary N) is 1. The van der Waals surface area contributed by atoms with Gasteiger partial charge in [0.2, 0.25) is 0 Å². The molecule has 1 fully saturated rings. The number of ether oxygens (including phenoxy) is 1. The molecule has 3 aromatic rings. The van der Waals surface area contributed by atoms with Gasteiger partial charge in [0.15, 0.2) is 12.4 Å². The van der Waals surface area contributed by atoms with Gasteiger partial charge in [-0.3, -0.25) is 14.5 Å². The van der Waals surface area contributed by atoms with Gasteiger partial charge in [-0.15, -0.1) is 0 Å². The molecule has 4 rings (SSSR count). The number of carbonyl (C=O) groups excluding carboxylic acids is 2. The number of anilines is 1. The number of likely N-dealkylation sites (N-methyl/N-ethyl adjacent to an activating group) is 1. The number of imidazole rings is 1. The maximum absolute atomic E-state index is 13.1. The summed E-state index contributed by atoms with van der Waals surface area (Å²) in [5.74, 6) is -2.73. The van der Waals surface area contributed by atoms with Crippen LogP contribution in [-0.2, 0) is 11.8 Å². The molecule has 0 saturated carbocycles. The van der Waals surface area contributed by atoms with Crippen LogP contribution < -0.4 is 10.1 Å². The SMILES string of the molecule is CN(C)CCN1CCN(C(=O)c2ccc(NC(=O)c3ncc(-c4ccc(OCC#N)c(Cl)c4)n3C)cc2Cl)CC1.O=C(O)C(F)(F)F. The first kappa shape index (κ1) is 37.1. The summed E-state index contributed by atoms with van der Waals surface area (Å²) in [7, 11) is 5.82. The lowest BCUT2D eigenvalue weighted by Gasteiger charge is -2.35. The van der Waals surface area contributed by atoms with Crippen molar-refractivity contribution in [2.45, 2.75) is 6.18 Å². The summed E-state index contributed by atoms with van der Waals surface area (Å²) in [5, 5.41) is 19.2. The molecule has 252 valence electrons. The van der Waals surface area contributed by atoms with Crippen molar-refractivity contribution in [1.82, 2.24) is 24.3 Å². The Morgan fingerprint density at radius 2 is 1.74 bits per heavy atom. The van der Waals surface area contributed by atoms with E-state index in [1.807, 2.05) is 11.0 Å². The Balaban J connectivity index is 0.000000771. The minimum atomic E-state index is -5.08. The smallest absolute Gasteiger partial charge is 0.477 e. The van der Waals surface area contributed by atoms with Gasteiger partial charge in [0.1, 0.15) is 11.8 Å². The number of aromatic nitrogens is 2. The molecule has 0 radical (unpaired) electrons. The number of nitrogens with zero attached hydrogens (tertiary/aromatic N) is 6. The van der Waals surface area contributed by atoms with E-state index in [2.05, 4.69) is 34.2 Å². The number of hydrogen-bond acceptors (Lipinski definition) is 8. The van der Waals surface area contributed by atoms with E-state index in [1.165, 1.54) is 0 Å². The van der Waals surface area contributed by atoms with Crippen molar-refractivity contribution < 1.29 is 37.4 Å². The Hall–Kier alpha value is -4.36. The lowest BCUT2D eigenvalue weighted by Crippen LogP contribution is -2.50. The van der Waals surface area contributed by atoms with Crippen LogP contribution in [0.1, 0.15) is 21.0 Å². The largest absolute Gasteiger partial charge is 0.490 e. The second-order valence-corrected chi connectivity index (χ2v) is 11.3. The second-order valence-electron chi connectivity index (χ2n) is 10.5. The van der Waals surface area contributed by atoms with Crippen molar-refractivity contribution in [1.29, 1.82) is 5.26 Å². The summed E-state index contributed by atoms with van der Waals surface area (Å²) in [5.41, 5.74) is 2.25. The fraction of sp³-hybridized carbons (Fsp3) is 0.367. The Labute approximate surface area is 278 Å². The highest BCUT2D eigenvalue weighted by atomic mass is 35.5. The molecule has 1 aliphatic heterocycles. The number of alkyl halides is 3. The number of halogens is 5. The van der Waals surface area contributed by atoms with Crippen molar-refractivity contribution in [3.05, 3.63) is 64.0 Å². The highest BCUT2D eigenvalue weighted by Crippen LogP contribution is 2.31. The molecule has 2 amide bonds. The maximum atomic E-state index is 13.1. The van der Waals surface area contributed by atoms with E-state index in [0.29, 0.717) is 40.8 Å². The van der Waals surface area contributed by atoms with Crippen molar-refractivity contribution in [3.63, 3.8) is 0 Å². The van der Waals surface area contributed by atoms with Gasteiger partial charge in [0.05, 0.1) is 27.5 Å². The Bertz CT molecular complexity index is 1630. The minimum absolute atomic E-state index is 0.109. The first-order valence-electron chi connectivity index (χ1n) is 14.0. The van der Waals surface area contributed by atoms with Crippen LogP contribution in [-0.4, -0.2) is 113 Å². The first-order chi connectivity index (χ1) is 22.1. The predicted molar refractivity (Wildman–Crippen MR) is 169 cm³/mol. The number of carboxylic acids is 1. The third-order valence-electron chi connectivity index (χ3n) is 6.93. The van der Waals surface area contributed by atoms with E-state index in [0.717, 1.165) is 31.7 Å². The fourth-order valence-electron chi connectivity index (χ4n) is 4.42. The van der Waals surface area contributed by atoms with Gasteiger partial charge in [0, 0.05) is 57.6 Å². The Morgan fingerprint density at radius 3 is 2.30 bits per heavy atom. The molecule has 0 bridgehead atoms. The van der Waals surface area contributed by atoms with Gasteiger partial charge in [0.25, 0.3) is 11.8 Å². The average Bonchev–Trinajstić information content (AvgIpc) is 3.40. The number of piperazine rings is 1. The lowest BCUT2D eigenvalue weighted by molar-refractivity contribution is -0.192. The molecule has 0 aliphatic carbocycles. The zero-order valence-electron chi connectivity index (χ0n) is 25.6. The molecular formula is C30H32Cl2F3N7O5. The van der Waals surface area contributed by atoms with Crippen LogP contribution in [0.2, 0.25) is 10.0 Å². The number of amides is 2. The van der Waals surface area contributed by atoms with Crippen molar-refractivity contribution in [3.8, 4) is 23.1 Å². The third-order valence-corrected chi connectivity index (χ3v) is 7.54. The first-order valence-corrected chi connectivity index (χ1v) is 14.8. The van der Waals surface area contributed by atoms with Crippen molar-refractivity contribution in [2.24, 2.45) is 7.05 Å². The number of aliphatic carboxylic acids is 1. The molecule has 2 aromatic carbocycles. The predicted octanol–water partition coefficient (Wildman–Crippen LogP) is 4.50. The number of hydrogen-bond donors (Lipinski definition) is 2. The standard InChI is InChI=1S/C28H31Cl2N7O3.C2HF3O2/c1-34(2)9-10-36-11-13-37(14-12-36)28(39)21-6-5-20(17-22(21)29)33-27(38)26-32-18-24(35(26)3)19-4-7-25(23(30)16-19)40-15-8-31;3-2(4,5)1(6)7/h4-7,16-18H,9-15H2,1-3H3,(H,33,38);(H,6,7). The van der Waals surface area contributed by atoms with E-state index in [-0.39, 0.29) is 23.4 Å². The number of carbonyl (C=O) groups is 3. The van der Waals surface area contributed by atoms with E-state index in [1.54, 1.807) is 54.2 Å². The zero-order valence-corrected chi connectivity index (χ0v) is 27.2. The normalized spacial score (nSPS) is 13.4. The molecule has 0 unspecified atom stereocenters. The molecule has 1 saturated heterocycles. The van der Waals surface area contributed by atoms with Gasteiger partial charge >= 0.3 is 12.1 Å². The van der Waals surface area contributed by atoms with Crippen molar-refractivity contribution in [2.75, 3.05) is 65.3 Å². The van der Waals surface area contributed by atoms with Crippen LogP contribution >= 0.6 is 23.2 Å². The van der Waals surface area contributed by atoms with Crippen LogP contribution in [0, 0.1) is 11.3 Å². The summed E-state index contributed by atoms with van der Waals surface area (Å²) >= 11 is 12.8. The number of rotatable bonds is 9. The maximum Gasteiger partial charge on any atom is 0.490 e. The van der Waals surface area contributed by atoms with Gasteiger partial charge in [-0.05, 0) is 50.5 Å². The monoisotopic (exact) mass is 697 g/mol. The molecule has 1 aromatic heterocycles. The highest BCUT2D eigenvalue weighted by molar-refractivity contribution is 6.34. The van der Waals surface area contributed by atoms with Crippen LogP contribution in [0.4, 0.5) is 18.9 Å². The third kappa shape index (κ3) is 10.3. The molecule has 17 heteroatoms. The van der Waals surface area contributed by atoms with Gasteiger partial charge < -0.3 is 29.5 Å². The average molecular weight is 699 g/mol. The molecule has 2 heterocycles. The topological polar surface area (TPSA) is 144 Å². The number of carboxylic acid groups (broad SMARTS) is 1. The van der Waals surface area contributed by atoms with Crippen molar-refractivity contribution >= 4 is 46.7 Å². The Kier molecular flexibility index (Phi) is 13.0. The molecule has 2 N–H and O–H groups in total. The van der Waals surface area contributed by atoms with Crippen LogP contribution in [0.3, 0.4) is 0 Å². The summed E-state index contributed by atoms with van der Waals surface area (Å²) in [6, 6.07) is 11.9. The molecule has 0 spiro atoms. The summed E-state index contributed by atoms with van der Waals surface area (Å²) in [6.07, 6.45) is -3.51. The quantitative estimate of drug-likeness (QED) is 0.330. The number of nitriles is 1. The highest BCUT2D eigenvalue weighted by Gasteiger charge is 2.38. The molecule has 0 atom stereocenters. The van der Waals surface area contributed by atoms with E-state index in [9.17, 15) is 22.8 Å². The van der Waals surface area contributed by atoms with Gasteiger partial charge in [-0.1, -0.05) is 23.2 Å².